The molecule has 6 rings (SSSR count). The molecule has 0 spiro atoms. The molecule has 5 heterocycles. The minimum Gasteiger partial charge on any atom is -0.381 e. The first-order valence-corrected chi connectivity index (χ1v) is 11.9. The molecule has 1 saturated heterocycles. The first kappa shape index (κ1) is 20.4. The van der Waals surface area contributed by atoms with Gasteiger partial charge in [-0.2, -0.15) is 5.10 Å². The Balaban J connectivity index is 1.47. The van der Waals surface area contributed by atoms with E-state index < -0.39 is 0 Å². The van der Waals surface area contributed by atoms with Crippen molar-refractivity contribution < 1.29 is 9.53 Å². The maximum absolute atomic E-state index is 12.2. The van der Waals surface area contributed by atoms with Crippen LogP contribution < -0.4 is 4.90 Å². The van der Waals surface area contributed by atoms with Gasteiger partial charge < -0.3 is 14.5 Å². The standard InChI is InChI=1S/C26H29N5O2/c1-18(32)30-12-7-24-23(17-30)26(28-31(24)20-8-13-33-14-9-20)21-6-4-5-19-15-25(27-16-22(19)21)29-10-2-3-11-29/h2-6,15-16,20H,7-14,17H2,1H3. The summed E-state index contributed by atoms with van der Waals surface area (Å²) in [5.74, 6) is 1.12. The largest absolute Gasteiger partial charge is 0.381 e. The van der Waals surface area contributed by atoms with Crippen LogP contribution in [0.2, 0.25) is 0 Å². The number of aromatic nitrogens is 3. The number of hydrogen-bond acceptors (Lipinski definition) is 5. The molecule has 7 nitrogen and oxygen atoms in total. The predicted octanol–water partition coefficient (Wildman–Crippen LogP) is 3.73. The van der Waals surface area contributed by atoms with E-state index in [1.54, 1.807) is 6.92 Å². The lowest BCUT2D eigenvalue weighted by Crippen LogP contribution is -2.35. The number of ether oxygens (including phenoxy) is 1. The van der Waals surface area contributed by atoms with Gasteiger partial charge >= 0.3 is 0 Å². The number of amides is 1. The average molecular weight is 444 g/mol. The van der Waals surface area contributed by atoms with Gasteiger partial charge in [-0.1, -0.05) is 30.4 Å². The summed E-state index contributed by atoms with van der Waals surface area (Å²) in [5, 5.41) is 7.47. The van der Waals surface area contributed by atoms with E-state index in [0.717, 1.165) is 80.0 Å². The number of anilines is 1. The van der Waals surface area contributed by atoms with E-state index in [2.05, 4.69) is 46.0 Å². The minimum absolute atomic E-state index is 0.119. The fourth-order valence-electron chi connectivity index (χ4n) is 5.37. The molecule has 3 aliphatic heterocycles. The number of nitrogens with zero attached hydrogens (tertiary/aromatic N) is 5. The zero-order valence-corrected chi connectivity index (χ0v) is 19.0. The third-order valence-electron chi connectivity index (χ3n) is 7.22. The zero-order valence-electron chi connectivity index (χ0n) is 19.0. The number of pyridine rings is 1. The highest BCUT2D eigenvalue weighted by Crippen LogP contribution is 2.37. The number of carbonyl (C=O) groups is 1. The van der Waals surface area contributed by atoms with Gasteiger partial charge in [0.15, 0.2) is 0 Å². The van der Waals surface area contributed by atoms with Gasteiger partial charge in [0.05, 0.1) is 11.7 Å². The Morgan fingerprint density at radius 3 is 2.76 bits per heavy atom. The molecular weight excluding hydrogens is 414 g/mol. The van der Waals surface area contributed by atoms with Crippen LogP contribution in [0.15, 0.2) is 42.6 Å². The summed E-state index contributed by atoms with van der Waals surface area (Å²) in [7, 11) is 0. The van der Waals surface area contributed by atoms with Crippen molar-refractivity contribution in [3.63, 3.8) is 0 Å². The Morgan fingerprint density at radius 1 is 1.15 bits per heavy atom. The quantitative estimate of drug-likeness (QED) is 0.577. The number of carbonyl (C=O) groups excluding carboxylic acids is 1. The van der Waals surface area contributed by atoms with Crippen LogP contribution in [0.5, 0.6) is 0 Å². The van der Waals surface area contributed by atoms with E-state index in [1.807, 2.05) is 11.1 Å². The first-order valence-electron chi connectivity index (χ1n) is 11.9. The zero-order chi connectivity index (χ0) is 22.4. The van der Waals surface area contributed by atoms with E-state index in [9.17, 15) is 4.79 Å². The maximum atomic E-state index is 12.2. The third-order valence-corrected chi connectivity index (χ3v) is 7.22. The molecular formula is C26H29N5O2. The number of hydrogen-bond donors (Lipinski definition) is 0. The number of fused-ring (bicyclic) bond motifs is 2. The van der Waals surface area contributed by atoms with Crippen LogP contribution >= 0.6 is 0 Å². The molecule has 0 atom stereocenters. The van der Waals surface area contributed by atoms with Crippen molar-refractivity contribution in [2.75, 3.05) is 37.7 Å². The third kappa shape index (κ3) is 3.60. The molecule has 33 heavy (non-hydrogen) atoms. The fourth-order valence-corrected chi connectivity index (χ4v) is 5.37. The fraction of sp³-hybridized carbons (Fsp3) is 0.423. The van der Waals surface area contributed by atoms with Crippen LogP contribution in [0.25, 0.3) is 22.0 Å². The second kappa shape index (κ2) is 8.30. The number of benzene rings is 1. The van der Waals surface area contributed by atoms with Gasteiger partial charge in [0.2, 0.25) is 5.91 Å². The highest BCUT2D eigenvalue weighted by atomic mass is 16.5. The van der Waals surface area contributed by atoms with Crippen molar-refractivity contribution in [2.45, 2.75) is 38.8 Å². The monoisotopic (exact) mass is 443 g/mol. The Morgan fingerprint density at radius 2 is 1.97 bits per heavy atom. The second-order valence-electron chi connectivity index (χ2n) is 9.20. The van der Waals surface area contributed by atoms with Crippen molar-refractivity contribution >= 4 is 22.5 Å². The molecule has 170 valence electrons. The van der Waals surface area contributed by atoms with Crippen LogP contribution in [0, 0.1) is 0 Å². The highest BCUT2D eigenvalue weighted by Gasteiger charge is 2.30. The average Bonchev–Trinajstić information content (AvgIpc) is 3.52. The minimum atomic E-state index is 0.119. The van der Waals surface area contributed by atoms with Crippen molar-refractivity contribution in [1.82, 2.24) is 19.7 Å². The Hall–Kier alpha value is -3.19. The van der Waals surface area contributed by atoms with E-state index in [-0.39, 0.29) is 5.91 Å². The summed E-state index contributed by atoms with van der Waals surface area (Å²) in [5.41, 5.74) is 4.55. The summed E-state index contributed by atoms with van der Waals surface area (Å²) >= 11 is 0. The van der Waals surface area contributed by atoms with Gasteiger partial charge in [-0.05, 0) is 24.3 Å². The molecule has 1 amide bonds. The van der Waals surface area contributed by atoms with Gasteiger partial charge in [-0.3, -0.25) is 9.48 Å². The summed E-state index contributed by atoms with van der Waals surface area (Å²) in [6.07, 6.45) is 9.15. The molecule has 0 N–H and O–H groups in total. The van der Waals surface area contributed by atoms with Crippen molar-refractivity contribution in [2.24, 2.45) is 0 Å². The Labute approximate surface area is 193 Å². The van der Waals surface area contributed by atoms with Crippen molar-refractivity contribution in [3.8, 4) is 11.3 Å². The van der Waals surface area contributed by atoms with Gasteiger partial charge in [0.25, 0.3) is 0 Å². The molecule has 3 aliphatic rings. The van der Waals surface area contributed by atoms with Crippen LogP contribution in [0.4, 0.5) is 5.82 Å². The SMILES string of the molecule is CC(=O)N1CCc2c(c(-c3cccc4cc(N5CC=CC5)ncc34)nn2C2CCOCC2)C1. The Bertz CT molecular complexity index is 1230. The van der Waals surface area contributed by atoms with Gasteiger partial charge in [-0.15, -0.1) is 0 Å². The van der Waals surface area contributed by atoms with Crippen molar-refractivity contribution in [1.29, 1.82) is 0 Å². The summed E-state index contributed by atoms with van der Waals surface area (Å²) in [6, 6.07) is 8.93. The normalized spacial score (nSPS) is 18.8. The molecule has 7 heteroatoms. The summed E-state index contributed by atoms with van der Waals surface area (Å²) in [6.45, 7) is 6.39. The Kier molecular flexibility index (Phi) is 5.14. The molecule has 0 saturated carbocycles. The molecule has 1 aromatic carbocycles. The summed E-state index contributed by atoms with van der Waals surface area (Å²) < 4.78 is 7.86. The van der Waals surface area contributed by atoms with Crippen LogP contribution in [-0.4, -0.2) is 58.4 Å². The molecule has 0 aliphatic carbocycles. The topological polar surface area (TPSA) is 63.5 Å². The van der Waals surface area contributed by atoms with Crippen LogP contribution in [0.3, 0.4) is 0 Å². The van der Waals surface area contributed by atoms with E-state index >= 15 is 0 Å². The van der Waals surface area contributed by atoms with E-state index in [4.69, 9.17) is 14.8 Å². The number of rotatable bonds is 3. The maximum Gasteiger partial charge on any atom is 0.219 e. The molecule has 0 bridgehead atoms. The molecule has 3 aromatic rings. The molecule has 2 aromatic heterocycles. The van der Waals surface area contributed by atoms with Crippen molar-refractivity contribution in [3.05, 3.63) is 53.9 Å². The highest BCUT2D eigenvalue weighted by molar-refractivity contribution is 5.97. The lowest BCUT2D eigenvalue weighted by molar-refractivity contribution is -0.129. The molecule has 0 unspecified atom stereocenters. The predicted molar refractivity (Wildman–Crippen MR) is 128 cm³/mol. The lowest BCUT2D eigenvalue weighted by Gasteiger charge is -2.29. The van der Waals surface area contributed by atoms with Gasteiger partial charge in [0.1, 0.15) is 5.82 Å². The lowest BCUT2D eigenvalue weighted by atomic mass is 9.97. The van der Waals surface area contributed by atoms with Crippen LogP contribution in [-0.2, 0) is 22.5 Å². The van der Waals surface area contributed by atoms with Gasteiger partial charge in [0, 0.05) is 81.1 Å². The van der Waals surface area contributed by atoms with Gasteiger partial charge in [-0.25, -0.2) is 4.98 Å². The van der Waals surface area contributed by atoms with E-state index in [0.29, 0.717) is 12.6 Å². The van der Waals surface area contributed by atoms with E-state index in [1.165, 1.54) is 11.3 Å². The molecule has 1 fully saturated rings. The van der Waals surface area contributed by atoms with Crippen LogP contribution in [0.1, 0.15) is 37.1 Å². The summed E-state index contributed by atoms with van der Waals surface area (Å²) in [4.78, 5) is 21.2. The smallest absolute Gasteiger partial charge is 0.219 e. The second-order valence-corrected chi connectivity index (χ2v) is 9.20. The first-order chi connectivity index (χ1) is 16.2. The molecule has 0 radical (unpaired) electrons.